The van der Waals surface area contributed by atoms with Crippen molar-refractivity contribution in [3.05, 3.63) is 59.2 Å². The van der Waals surface area contributed by atoms with Crippen LogP contribution in [0.4, 0.5) is 0 Å². The number of hydrazine groups is 1. The molecule has 0 fully saturated rings. The van der Waals surface area contributed by atoms with Crippen LogP contribution in [0.1, 0.15) is 33.2 Å². The summed E-state index contributed by atoms with van der Waals surface area (Å²) < 4.78 is 10.4. The molecule has 27 heavy (non-hydrogen) atoms. The van der Waals surface area contributed by atoms with Gasteiger partial charge < -0.3 is 14.8 Å². The highest BCUT2D eigenvalue weighted by molar-refractivity contribution is 5.98. The van der Waals surface area contributed by atoms with Crippen LogP contribution in [0, 0.1) is 0 Å². The van der Waals surface area contributed by atoms with Crippen LogP contribution in [-0.4, -0.2) is 31.1 Å². The lowest BCUT2D eigenvalue weighted by Gasteiger charge is -2.09. The first kappa shape index (κ1) is 18.2. The number of nitrogens with one attached hydrogen (secondary N) is 3. The molecule has 0 aromatic heterocycles. The van der Waals surface area contributed by atoms with E-state index in [1.54, 1.807) is 24.3 Å². The molecule has 0 spiro atoms. The van der Waals surface area contributed by atoms with Gasteiger partial charge in [0.15, 0.2) is 11.5 Å². The second-order valence-electron chi connectivity index (χ2n) is 5.80. The smallest absolute Gasteiger partial charge is 0.269 e. The molecule has 0 radical (unpaired) electrons. The van der Waals surface area contributed by atoms with Crippen LogP contribution in [0.15, 0.2) is 42.5 Å². The number of carbonyl (C=O) groups is 3. The molecule has 0 saturated heterocycles. The maximum atomic E-state index is 12.1. The molecule has 1 aliphatic rings. The molecule has 0 aliphatic carbocycles. The molecule has 8 heteroatoms. The number of ether oxygens (including phenoxy) is 2. The van der Waals surface area contributed by atoms with Crippen LogP contribution in [-0.2, 0) is 11.2 Å². The number of benzene rings is 2. The van der Waals surface area contributed by atoms with Crippen LogP contribution in [0.25, 0.3) is 0 Å². The Labute approximate surface area is 155 Å². The van der Waals surface area contributed by atoms with E-state index in [1.165, 1.54) is 6.07 Å². The number of fused-ring (bicyclic) bond motifs is 1. The standard InChI is InChI=1S/C19H19N3O5/c1-2-12-3-5-13(6-4-12)19(25)22-21-17(23)10-20-18(24)14-7-8-15-16(9-14)27-11-26-15/h3-9H,2,10-11H2,1H3,(H,20,24)(H,21,23)(H,22,25). The number of hydrogen-bond acceptors (Lipinski definition) is 5. The summed E-state index contributed by atoms with van der Waals surface area (Å²) in [4.78, 5) is 35.9. The molecule has 0 bridgehead atoms. The molecule has 2 aromatic carbocycles. The topological polar surface area (TPSA) is 106 Å². The predicted octanol–water partition coefficient (Wildman–Crippen LogP) is 1.17. The highest BCUT2D eigenvalue weighted by atomic mass is 16.7. The Morgan fingerprint density at radius 1 is 0.889 bits per heavy atom. The summed E-state index contributed by atoms with van der Waals surface area (Å²) in [5.41, 5.74) is 6.45. The van der Waals surface area contributed by atoms with Crippen molar-refractivity contribution in [3.63, 3.8) is 0 Å². The van der Waals surface area contributed by atoms with Gasteiger partial charge in [0, 0.05) is 11.1 Å². The van der Waals surface area contributed by atoms with E-state index in [4.69, 9.17) is 9.47 Å². The zero-order valence-corrected chi connectivity index (χ0v) is 14.7. The van der Waals surface area contributed by atoms with E-state index in [0.29, 0.717) is 22.6 Å². The van der Waals surface area contributed by atoms with Crippen molar-refractivity contribution in [2.24, 2.45) is 0 Å². The summed E-state index contributed by atoms with van der Waals surface area (Å²) in [6.07, 6.45) is 0.877. The molecule has 0 atom stereocenters. The lowest BCUT2D eigenvalue weighted by atomic mass is 10.1. The third-order valence-corrected chi connectivity index (χ3v) is 3.98. The van der Waals surface area contributed by atoms with Crippen molar-refractivity contribution in [1.82, 2.24) is 16.2 Å². The fourth-order valence-corrected chi connectivity index (χ4v) is 2.44. The molecule has 3 rings (SSSR count). The van der Waals surface area contributed by atoms with Crippen molar-refractivity contribution in [3.8, 4) is 11.5 Å². The molecule has 1 aliphatic heterocycles. The maximum Gasteiger partial charge on any atom is 0.269 e. The zero-order chi connectivity index (χ0) is 19.2. The van der Waals surface area contributed by atoms with Crippen LogP contribution in [0.2, 0.25) is 0 Å². The maximum absolute atomic E-state index is 12.1. The van der Waals surface area contributed by atoms with Crippen molar-refractivity contribution in [1.29, 1.82) is 0 Å². The number of hydrogen-bond donors (Lipinski definition) is 3. The van der Waals surface area contributed by atoms with Crippen LogP contribution < -0.4 is 25.6 Å². The first-order chi connectivity index (χ1) is 13.1. The van der Waals surface area contributed by atoms with E-state index in [-0.39, 0.29) is 13.3 Å². The minimum Gasteiger partial charge on any atom is -0.454 e. The molecule has 0 unspecified atom stereocenters. The third kappa shape index (κ3) is 4.55. The van der Waals surface area contributed by atoms with Gasteiger partial charge in [0.05, 0.1) is 6.54 Å². The molecular formula is C19H19N3O5. The Morgan fingerprint density at radius 2 is 1.59 bits per heavy atom. The second-order valence-corrected chi connectivity index (χ2v) is 5.80. The predicted molar refractivity (Wildman–Crippen MR) is 96.3 cm³/mol. The largest absolute Gasteiger partial charge is 0.454 e. The van der Waals surface area contributed by atoms with Gasteiger partial charge in [-0.3, -0.25) is 25.2 Å². The first-order valence-corrected chi connectivity index (χ1v) is 8.43. The average molecular weight is 369 g/mol. The first-order valence-electron chi connectivity index (χ1n) is 8.43. The average Bonchev–Trinajstić information content (AvgIpc) is 3.18. The monoisotopic (exact) mass is 369 g/mol. The van der Waals surface area contributed by atoms with E-state index in [9.17, 15) is 14.4 Å². The van der Waals surface area contributed by atoms with Crippen LogP contribution in [0.5, 0.6) is 11.5 Å². The summed E-state index contributed by atoms with van der Waals surface area (Å²) in [6, 6.07) is 11.8. The number of amides is 3. The molecule has 140 valence electrons. The zero-order valence-electron chi connectivity index (χ0n) is 14.7. The van der Waals surface area contributed by atoms with Crippen molar-refractivity contribution in [2.75, 3.05) is 13.3 Å². The summed E-state index contributed by atoms with van der Waals surface area (Å²) in [5.74, 6) is -0.381. The Hall–Kier alpha value is -3.55. The Balaban J connectivity index is 1.45. The van der Waals surface area contributed by atoms with E-state index < -0.39 is 17.7 Å². The lowest BCUT2D eigenvalue weighted by molar-refractivity contribution is -0.120. The Bertz CT molecular complexity index is 864. The summed E-state index contributed by atoms with van der Waals surface area (Å²) in [7, 11) is 0. The fourth-order valence-electron chi connectivity index (χ4n) is 2.44. The van der Waals surface area contributed by atoms with Crippen LogP contribution in [0.3, 0.4) is 0 Å². The van der Waals surface area contributed by atoms with Crippen molar-refractivity contribution >= 4 is 17.7 Å². The summed E-state index contributed by atoms with van der Waals surface area (Å²) >= 11 is 0. The number of rotatable bonds is 5. The van der Waals surface area contributed by atoms with Gasteiger partial charge in [-0.05, 0) is 42.3 Å². The van der Waals surface area contributed by atoms with Gasteiger partial charge >= 0.3 is 0 Å². The van der Waals surface area contributed by atoms with Gasteiger partial charge in [0.1, 0.15) is 0 Å². The molecule has 2 aromatic rings. The SMILES string of the molecule is CCc1ccc(C(=O)NNC(=O)CNC(=O)c2ccc3c(c2)OCO3)cc1. The Kier molecular flexibility index (Phi) is 5.55. The molecule has 3 amide bonds. The minimum absolute atomic E-state index is 0.115. The number of carbonyl (C=O) groups excluding carboxylic acids is 3. The van der Waals surface area contributed by atoms with E-state index in [0.717, 1.165) is 12.0 Å². The van der Waals surface area contributed by atoms with Gasteiger partial charge in [0.25, 0.3) is 17.7 Å². The fraction of sp³-hybridized carbons (Fsp3) is 0.211. The second kappa shape index (κ2) is 8.22. The molecule has 0 saturated carbocycles. The van der Waals surface area contributed by atoms with Crippen molar-refractivity contribution in [2.45, 2.75) is 13.3 Å². The van der Waals surface area contributed by atoms with E-state index in [1.807, 2.05) is 19.1 Å². The molecular weight excluding hydrogens is 350 g/mol. The Morgan fingerprint density at radius 3 is 2.33 bits per heavy atom. The van der Waals surface area contributed by atoms with Gasteiger partial charge in [-0.2, -0.15) is 0 Å². The van der Waals surface area contributed by atoms with Gasteiger partial charge in [-0.15, -0.1) is 0 Å². The molecule has 8 nitrogen and oxygen atoms in total. The van der Waals surface area contributed by atoms with Gasteiger partial charge in [0.2, 0.25) is 6.79 Å². The van der Waals surface area contributed by atoms with E-state index in [2.05, 4.69) is 16.2 Å². The van der Waals surface area contributed by atoms with Crippen molar-refractivity contribution < 1.29 is 23.9 Å². The quantitative estimate of drug-likeness (QED) is 0.686. The molecule has 3 N–H and O–H groups in total. The normalized spacial score (nSPS) is 11.6. The lowest BCUT2D eigenvalue weighted by Crippen LogP contribution is -2.46. The highest BCUT2D eigenvalue weighted by Gasteiger charge is 2.16. The van der Waals surface area contributed by atoms with Gasteiger partial charge in [-0.25, -0.2) is 0 Å². The third-order valence-electron chi connectivity index (χ3n) is 3.98. The van der Waals surface area contributed by atoms with E-state index >= 15 is 0 Å². The summed E-state index contributed by atoms with van der Waals surface area (Å²) in [5, 5.41) is 2.47. The van der Waals surface area contributed by atoms with Gasteiger partial charge in [-0.1, -0.05) is 19.1 Å². The van der Waals surface area contributed by atoms with Crippen LogP contribution >= 0.6 is 0 Å². The highest BCUT2D eigenvalue weighted by Crippen LogP contribution is 2.32. The summed E-state index contributed by atoms with van der Waals surface area (Å²) in [6.45, 7) is 1.85. The molecule has 1 heterocycles. The number of aryl methyl sites for hydroxylation is 1. The minimum atomic E-state index is -0.553.